The van der Waals surface area contributed by atoms with E-state index in [0.29, 0.717) is 22.3 Å². The molecule has 6 heteroatoms. The summed E-state index contributed by atoms with van der Waals surface area (Å²) in [6, 6.07) is 23.2. The van der Waals surface area contributed by atoms with Crippen LogP contribution in [0.4, 0.5) is 0 Å². The van der Waals surface area contributed by atoms with Crippen LogP contribution in [0.1, 0.15) is 5.56 Å². The van der Waals surface area contributed by atoms with Gasteiger partial charge in [0.25, 0.3) is 0 Å². The molecule has 3 aromatic carbocycles. The molecule has 0 aliphatic heterocycles. The minimum atomic E-state index is 0.549. The Morgan fingerprint density at radius 3 is 2.03 bits per heavy atom. The molecule has 0 spiro atoms. The summed E-state index contributed by atoms with van der Waals surface area (Å²) in [6.07, 6.45) is 0. The second-order valence-corrected chi connectivity index (χ2v) is 7.57. The van der Waals surface area contributed by atoms with Crippen LogP contribution in [0.15, 0.2) is 72.8 Å². The van der Waals surface area contributed by atoms with Gasteiger partial charge in [-0.25, -0.2) is 0 Å². The minimum Gasteiger partial charge on any atom is -0.497 e. The molecule has 4 rings (SSSR count). The lowest BCUT2D eigenvalue weighted by molar-refractivity contribution is 0.415. The maximum absolute atomic E-state index is 6.89. The maximum Gasteiger partial charge on any atom is 0.119 e. The van der Waals surface area contributed by atoms with Gasteiger partial charge in [0.15, 0.2) is 0 Å². The summed E-state index contributed by atoms with van der Waals surface area (Å²) in [5.41, 5.74) is 4.40. The number of ether oxygens (including phenoxy) is 2. The van der Waals surface area contributed by atoms with E-state index < -0.39 is 0 Å². The van der Waals surface area contributed by atoms with Gasteiger partial charge in [0.05, 0.1) is 31.5 Å². The van der Waals surface area contributed by atoms with Crippen LogP contribution in [-0.2, 0) is 6.54 Å². The second-order valence-electron chi connectivity index (χ2n) is 6.76. The van der Waals surface area contributed by atoms with Gasteiger partial charge in [-0.15, -0.1) is 0 Å². The third-order valence-corrected chi connectivity index (χ3v) is 5.44. The Bertz CT molecular complexity index is 1170. The highest BCUT2D eigenvalue weighted by molar-refractivity contribution is 6.35. The van der Waals surface area contributed by atoms with E-state index in [1.807, 2.05) is 77.5 Å². The van der Waals surface area contributed by atoms with Crippen molar-refractivity contribution in [1.82, 2.24) is 9.78 Å². The standard InChI is InChI=1S/C24H20Cl2N2O2/c1-29-20-7-3-5-17(13-20)23-22(26)24(18-6-4-8-21(14-18)30-2)28(27-23)15-16-9-11-19(25)12-10-16/h3-14H,15H2,1-2H3. The summed E-state index contributed by atoms with van der Waals surface area (Å²) in [4.78, 5) is 0. The first-order valence-corrected chi connectivity index (χ1v) is 10.1. The summed E-state index contributed by atoms with van der Waals surface area (Å²) < 4.78 is 12.7. The molecule has 0 aliphatic carbocycles. The molecular formula is C24H20Cl2N2O2. The van der Waals surface area contributed by atoms with Gasteiger partial charge < -0.3 is 9.47 Å². The van der Waals surface area contributed by atoms with Gasteiger partial charge >= 0.3 is 0 Å². The summed E-state index contributed by atoms with van der Waals surface area (Å²) in [5, 5.41) is 6.13. The van der Waals surface area contributed by atoms with Gasteiger partial charge in [-0.2, -0.15) is 5.10 Å². The molecule has 0 bridgehead atoms. The topological polar surface area (TPSA) is 36.3 Å². The number of benzene rings is 3. The average molecular weight is 439 g/mol. The highest BCUT2D eigenvalue weighted by Crippen LogP contribution is 2.38. The van der Waals surface area contributed by atoms with E-state index in [1.165, 1.54) is 0 Å². The number of aromatic nitrogens is 2. The average Bonchev–Trinajstić information content (AvgIpc) is 3.11. The fourth-order valence-electron chi connectivity index (χ4n) is 3.32. The Kier molecular flexibility index (Phi) is 5.98. The Labute approximate surface area is 185 Å². The number of nitrogens with zero attached hydrogens (tertiary/aromatic N) is 2. The van der Waals surface area contributed by atoms with Crippen LogP contribution in [0, 0.1) is 0 Å². The molecule has 1 heterocycles. The minimum absolute atomic E-state index is 0.549. The number of hydrogen-bond donors (Lipinski definition) is 0. The van der Waals surface area contributed by atoms with Crippen molar-refractivity contribution in [3.05, 3.63) is 88.4 Å². The van der Waals surface area contributed by atoms with Gasteiger partial charge in [0.1, 0.15) is 17.2 Å². The molecule has 0 unspecified atom stereocenters. The predicted octanol–water partition coefficient (Wildman–Crippen LogP) is 6.59. The van der Waals surface area contributed by atoms with Crippen LogP contribution in [0.2, 0.25) is 10.0 Å². The number of methoxy groups -OCH3 is 2. The van der Waals surface area contributed by atoms with Gasteiger partial charge in [-0.05, 0) is 42.0 Å². The zero-order valence-corrected chi connectivity index (χ0v) is 18.1. The first kappa shape index (κ1) is 20.3. The van der Waals surface area contributed by atoms with Gasteiger partial charge in [0, 0.05) is 16.1 Å². The lowest BCUT2D eigenvalue weighted by Crippen LogP contribution is -2.04. The van der Waals surface area contributed by atoms with Crippen molar-refractivity contribution in [2.75, 3.05) is 14.2 Å². The Morgan fingerprint density at radius 1 is 0.800 bits per heavy atom. The Hall–Kier alpha value is -2.95. The predicted molar refractivity (Wildman–Crippen MR) is 122 cm³/mol. The molecule has 4 aromatic rings. The van der Waals surface area contributed by atoms with Crippen molar-refractivity contribution >= 4 is 23.2 Å². The molecule has 30 heavy (non-hydrogen) atoms. The summed E-state index contributed by atoms with van der Waals surface area (Å²) in [6.45, 7) is 0.549. The van der Waals surface area contributed by atoms with Crippen molar-refractivity contribution in [2.45, 2.75) is 6.54 Å². The maximum atomic E-state index is 6.89. The van der Waals surface area contributed by atoms with Crippen LogP contribution in [0.5, 0.6) is 11.5 Å². The number of hydrogen-bond acceptors (Lipinski definition) is 3. The molecule has 0 radical (unpaired) electrons. The summed E-state index contributed by atoms with van der Waals surface area (Å²) >= 11 is 12.9. The smallest absolute Gasteiger partial charge is 0.119 e. The molecule has 0 aliphatic rings. The number of rotatable bonds is 6. The highest BCUT2D eigenvalue weighted by atomic mass is 35.5. The van der Waals surface area contributed by atoms with Crippen molar-refractivity contribution in [3.63, 3.8) is 0 Å². The quantitative estimate of drug-likeness (QED) is 0.340. The van der Waals surface area contributed by atoms with Crippen molar-refractivity contribution in [2.24, 2.45) is 0 Å². The SMILES string of the molecule is COc1cccc(-c2nn(Cc3ccc(Cl)cc3)c(-c3cccc(OC)c3)c2Cl)c1. The lowest BCUT2D eigenvalue weighted by Gasteiger charge is -2.10. The summed E-state index contributed by atoms with van der Waals surface area (Å²) in [5.74, 6) is 1.50. The van der Waals surface area contributed by atoms with E-state index in [1.54, 1.807) is 14.2 Å². The molecule has 0 saturated heterocycles. The van der Waals surface area contributed by atoms with Crippen LogP contribution in [0.25, 0.3) is 22.5 Å². The third-order valence-electron chi connectivity index (χ3n) is 4.83. The molecule has 0 amide bonds. The zero-order chi connectivity index (χ0) is 21.1. The van der Waals surface area contributed by atoms with Crippen molar-refractivity contribution in [3.8, 4) is 34.0 Å². The monoisotopic (exact) mass is 438 g/mol. The highest BCUT2D eigenvalue weighted by Gasteiger charge is 2.20. The molecular weight excluding hydrogens is 419 g/mol. The first-order valence-electron chi connectivity index (χ1n) is 9.38. The Morgan fingerprint density at radius 2 is 1.40 bits per heavy atom. The van der Waals surface area contributed by atoms with E-state index >= 15 is 0 Å². The van der Waals surface area contributed by atoms with Gasteiger partial charge in [-0.3, -0.25) is 4.68 Å². The van der Waals surface area contributed by atoms with Crippen LogP contribution < -0.4 is 9.47 Å². The van der Waals surface area contributed by atoms with E-state index in [4.69, 9.17) is 37.8 Å². The van der Waals surface area contributed by atoms with E-state index in [-0.39, 0.29) is 0 Å². The number of halogens is 2. The fourth-order valence-corrected chi connectivity index (χ4v) is 3.80. The molecule has 0 atom stereocenters. The van der Waals surface area contributed by atoms with Crippen molar-refractivity contribution < 1.29 is 9.47 Å². The molecule has 4 nitrogen and oxygen atoms in total. The van der Waals surface area contributed by atoms with Gasteiger partial charge in [-0.1, -0.05) is 59.6 Å². The second kappa shape index (κ2) is 8.82. The zero-order valence-electron chi connectivity index (χ0n) is 16.6. The largest absolute Gasteiger partial charge is 0.497 e. The van der Waals surface area contributed by atoms with E-state index in [0.717, 1.165) is 33.9 Å². The van der Waals surface area contributed by atoms with E-state index in [2.05, 4.69) is 0 Å². The van der Waals surface area contributed by atoms with Gasteiger partial charge in [0.2, 0.25) is 0 Å². The normalized spacial score (nSPS) is 10.8. The van der Waals surface area contributed by atoms with Crippen LogP contribution in [-0.4, -0.2) is 24.0 Å². The molecule has 1 aromatic heterocycles. The third kappa shape index (κ3) is 4.16. The van der Waals surface area contributed by atoms with Crippen molar-refractivity contribution in [1.29, 1.82) is 0 Å². The van der Waals surface area contributed by atoms with E-state index in [9.17, 15) is 0 Å². The molecule has 0 fully saturated rings. The van der Waals surface area contributed by atoms with Crippen LogP contribution in [0.3, 0.4) is 0 Å². The summed E-state index contributed by atoms with van der Waals surface area (Å²) in [7, 11) is 3.29. The molecule has 0 saturated carbocycles. The fraction of sp³-hybridized carbons (Fsp3) is 0.125. The Balaban J connectivity index is 1.86. The first-order chi connectivity index (χ1) is 14.6. The van der Waals surface area contributed by atoms with Crippen LogP contribution >= 0.6 is 23.2 Å². The molecule has 0 N–H and O–H groups in total. The molecule has 152 valence electrons. The lowest BCUT2D eigenvalue weighted by atomic mass is 10.1.